The summed E-state index contributed by atoms with van der Waals surface area (Å²) in [4.78, 5) is 29.7. The molecule has 2 aromatic carbocycles. The zero-order chi connectivity index (χ0) is 20.6. The molecule has 4 rings (SSSR count). The lowest BCUT2D eigenvalue weighted by Gasteiger charge is -2.24. The van der Waals surface area contributed by atoms with Crippen molar-refractivity contribution in [1.82, 2.24) is 9.97 Å². The van der Waals surface area contributed by atoms with Crippen molar-refractivity contribution in [2.45, 2.75) is 45.4 Å². The van der Waals surface area contributed by atoms with Gasteiger partial charge in [-0.2, -0.15) is 0 Å². The van der Waals surface area contributed by atoms with Gasteiger partial charge in [-0.1, -0.05) is 80.6 Å². The van der Waals surface area contributed by atoms with Gasteiger partial charge in [0.25, 0.3) is 5.56 Å². The van der Waals surface area contributed by atoms with Gasteiger partial charge < -0.3 is 4.98 Å². The summed E-state index contributed by atoms with van der Waals surface area (Å²) in [7, 11) is 0. The van der Waals surface area contributed by atoms with Crippen LogP contribution in [0.15, 0.2) is 76.3 Å². The van der Waals surface area contributed by atoms with Gasteiger partial charge in [0.05, 0.1) is 0 Å². The van der Waals surface area contributed by atoms with Crippen LogP contribution in [0.25, 0.3) is 5.57 Å². The lowest BCUT2D eigenvalue weighted by molar-refractivity contribution is 0.596. The topological polar surface area (TPSA) is 65.7 Å². The normalized spacial score (nSPS) is 15.8. The first-order valence-electron chi connectivity index (χ1n) is 10.3. The van der Waals surface area contributed by atoms with E-state index in [1.165, 1.54) is 11.1 Å². The van der Waals surface area contributed by atoms with Crippen LogP contribution in [-0.2, 0) is 6.42 Å². The number of aromatic amines is 2. The molecule has 1 aliphatic rings. The molecular formula is C25H28N2O2. The molecule has 1 aliphatic carbocycles. The van der Waals surface area contributed by atoms with Crippen LogP contribution in [0.4, 0.5) is 0 Å². The van der Waals surface area contributed by atoms with E-state index < -0.39 is 5.69 Å². The Morgan fingerprint density at radius 3 is 2.17 bits per heavy atom. The van der Waals surface area contributed by atoms with Crippen molar-refractivity contribution in [3.8, 4) is 0 Å². The van der Waals surface area contributed by atoms with E-state index >= 15 is 0 Å². The zero-order valence-corrected chi connectivity index (χ0v) is 17.1. The second kappa shape index (κ2) is 9.87. The van der Waals surface area contributed by atoms with Crippen LogP contribution < -0.4 is 11.2 Å². The molecule has 0 saturated heterocycles. The van der Waals surface area contributed by atoms with E-state index in [0.717, 1.165) is 30.5 Å². The number of hydrogen-bond donors (Lipinski definition) is 2. The van der Waals surface area contributed by atoms with Gasteiger partial charge in [-0.15, -0.1) is 0 Å². The van der Waals surface area contributed by atoms with E-state index in [1.54, 1.807) is 0 Å². The molecule has 0 bridgehead atoms. The van der Waals surface area contributed by atoms with Crippen LogP contribution in [0.1, 0.15) is 61.4 Å². The van der Waals surface area contributed by atoms with Gasteiger partial charge in [-0.3, -0.25) is 9.78 Å². The third kappa shape index (κ3) is 5.02. The Morgan fingerprint density at radius 1 is 0.897 bits per heavy atom. The number of H-pyrrole nitrogens is 2. The molecule has 1 aromatic heterocycles. The summed E-state index contributed by atoms with van der Waals surface area (Å²) in [5.41, 5.74) is 4.40. The van der Waals surface area contributed by atoms with Gasteiger partial charge in [-0.05, 0) is 36.0 Å². The fourth-order valence-electron chi connectivity index (χ4n) is 3.86. The lowest BCUT2D eigenvalue weighted by Crippen LogP contribution is -2.29. The highest BCUT2D eigenvalue weighted by atomic mass is 16.2. The summed E-state index contributed by atoms with van der Waals surface area (Å²) in [6.45, 7) is 4.00. The van der Waals surface area contributed by atoms with Crippen molar-refractivity contribution in [2.24, 2.45) is 0 Å². The monoisotopic (exact) mass is 388 g/mol. The Balaban J connectivity index is 0.00000117. The number of rotatable bonds is 4. The number of allylic oxidation sites excluding steroid dienone is 2. The molecule has 1 unspecified atom stereocenters. The summed E-state index contributed by atoms with van der Waals surface area (Å²) in [6.07, 6.45) is 5.45. The highest BCUT2D eigenvalue weighted by Gasteiger charge is 2.22. The third-order valence-corrected chi connectivity index (χ3v) is 5.26. The molecule has 2 N–H and O–H groups in total. The van der Waals surface area contributed by atoms with Crippen LogP contribution >= 0.6 is 0 Å². The van der Waals surface area contributed by atoms with Crippen molar-refractivity contribution >= 4 is 5.57 Å². The quantitative estimate of drug-likeness (QED) is 0.658. The molecule has 1 heterocycles. The number of nitrogens with one attached hydrogen (secondary N) is 2. The standard InChI is InChI=1S/C23H22N2O2.C2H6/c26-22-20(15-16-7-3-1-4-8-16)21(24-23(27)25-22)19-13-11-18(12-14-19)17-9-5-2-6-10-17;1-2/h1-11,19H,12-15H2,(H2,24,25,26,27);1-2H3. The molecule has 4 nitrogen and oxygen atoms in total. The first-order chi connectivity index (χ1) is 14.2. The van der Waals surface area contributed by atoms with Crippen molar-refractivity contribution in [3.05, 3.63) is 110 Å². The molecular weight excluding hydrogens is 360 g/mol. The summed E-state index contributed by atoms with van der Waals surface area (Å²) in [5, 5.41) is 0. The molecule has 0 radical (unpaired) electrons. The molecule has 1 atom stereocenters. The summed E-state index contributed by atoms with van der Waals surface area (Å²) in [5.74, 6) is 0.158. The molecule has 0 aliphatic heterocycles. The number of aromatic nitrogens is 2. The minimum absolute atomic E-state index is 0.158. The first-order valence-corrected chi connectivity index (χ1v) is 10.3. The van der Waals surface area contributed by atoms with E-state index in [1.807, 2.05) is 50.2 Å². The van der Waals surface area contributed by atoms with Gasteiger partial charge >= 0.3 is 5.69 Å². The second-order valence-electron chi connectivity index (χ2n) is 7.03. The largest absolute Gasteiger partial charge is 0.325 e. The van der Waals surface area contributed by atoms with Crippen LogP contribution in [0.5, 0.6) is 0 Å². The maximum Gasteiger partial charge on any atom is 0.325 e. The van der Waals surface area contributed by atoms with Gasteiger partial charge in [-0.25, -0.2) is 4.79 Å². The van der Waals surface area contributed by atoms with Crippen LogP contribution in [0.3, 0.4) is 0 Å². The highest BCUT2D eigenvalue weighted by Crippen LogP contribution is 2.35. The van der Waals surface area contributed by atoms with E-state index in [-0.39, 0.29) is 11.5 Å². The molecule has 0 amide bonds. The minimum Gasteiger partial charge on any atom is -0.311 e. The predicted octanol–water partition coefficient (Wildman–Crippen LogP) is 5.03. The van der Waals surface area contributed by atoms with Crippen molar-refractivity contribution in [1.29, 1.82) is 0 Å². The SMILES string of the molecule is CC.O=c1[nH]c(C2CC=C(c3ccccc3)CC2)c(Cc2ccccc2)c(=O)[nH]1. The Hall–Kier alpha value is -3.14. The smallest absolute Gasteiger partial charge is 0.311 e. The number of hydrogen-bond acceptors (Lipinski definition) is 2. The highest BCUT2D eigenvalue weighted by molar-refractivity contribution is 5.66. The van der Waals surface area contributed by atoms with Crippen LogP contribution in [0, 0.1) is 0 Å². The zero-order valence-electron chi connectivity index (χ0n) is 17.1. The molecule has 4 heteroatoms. The fourth-order valence-corrected chi connectivity index (χ4v) is 3.86. The lowest BCUT2D eigenvalue weighted by atomic mass is 9.83. The van der Waals surface area contributed by atoms with Crippen LogP contribution in [0.2, 0.25) is 0 Å². The van der Waals surface area contributed by atoms with E-state index in [4.69, 9.17) is 0 Å². The Kier molecular flexibility index (Phi) is 7.01. The van der Waals surface area contributed by atoms with E-state index in [9.17, 15) is 9.59 Å². The Morgan fingerprint density at radius 2 is 1.55 bits per heavy atom. The van der Waals surface area contributed by atoms with Gasteiger partial charge in [0, 0.05) is 23.6 Å². The van der Waals surface area contributed by atoms with E-state index in [2.05, 4.69) is 40.3 Å². The molecule has 29 heavy (non-hydrogen) atoms. The number of benzene rings is 2. The van der Waals surface area contributed by atoms with Crippen LogP contribution in [-0.4, -0.2) is 9.97 Å². The van der Waals surface area contributed by atoms with Crippen molar-refractivity contribution in [2.75, 3.05) is 0 Å². The molecule has 3 aromatic rings. The third-order valence-electron chi connectivity index (χ3n) is 5.26. The van der Waals surface area contributed by atoms with Gasteiger partial charge in [0.15, 0.2) is 0 Å². The molecule has 0 saturated carbocycles. The first kappa shape index (κ1) is 20.6. The molecule has 0 fully saturated rings. The summed E-state index contributed by atoms with van der Waals surface area (Å²) >= 11 is 0. The van der Waals surface area contributed by atoms with E-state index in [0.29, 0.717) is 12.0 Å². The second-order valence-corrected chi connectivity index (χ2v) is 7.03. The Labute approximate surface area is 171 Å². The Bertz CT molecular complexity index is 1060. The molecule has 150 valence electrons. The van der Waals surface area contributed by atoms with Crippen molar-refractivity contribution in [3.63, 3.8) is 0 Å². The minimum atomic E-state index is -0.426. The fraction of sp³-hybridized carbons (Fsp3) is 0.280. The summed E-state index contributed by atoms with van der Waals surface area (Å²) < 4.78 is 0. The maximum absolute atomic E-state index is 12.5. The van der Waals surface area contributed by atoms with Crippen molar-refractivity contribution < 1.29 is 0 Å². The average Bonchev–Trinajstić information content (AvgIpc) is 2.78. The van der Waals surface area contributed by atoms with Gasteiger partial charge in [0.1, 0.15) is 0 Å². The summed E-state index contributed by atoms with van der Waals surface area (Å²) in [6, 6.07) is 20.3. The average molecular weight is 389 g/mol. The van der Waals surface area contributed by atoms with Gasteiger partial charge in [0.2, 0.25) is 0 Å². The predicted molar refractivity (Wildman–Crippen MR) is 119 cm³/mol. The maximum atomic E-state index is 12.5. The molecule has 0 spiro atoms.